The van der Waals surface area contributed by atoms with Crippen LogP contribution < -0.4 is 22.5 Å². The van der Waals surface area contributed by atoms with E-state index < -0.39 is 0 Å². The van der Waals surface area contributed by atoms with Crippen LogP contribution in [0.5, 0.6) is 0 Å². The molecule has 0 bridgehead atoms. The molecule has 0 fully saturated rings. The third-order valence-corrected chi connectivity index (χ3v) is 1.05. The Balaban J connectivity index is 4.63. The maximum atomic E-state index is 10.9. The van der Waals surface area contributed by atoms with Gasteiger partial charge in [-0.15, -0.1) is 0 Å². The predicted octanol–water partition coefficient (Wildman–Crippen LogP) is -1.67. The molecular weight excluding hydrogens is 144 g/mol. The van der Waals surface area contributed by atoms with E-state index in [9.17, 15) is 4.79 Å². The van der Waals surface area contributed by atoms with E-state index in [0.29, 0.717) is 0 Å². The Kier molecular flexibility index (Phi) is 3.58. The highest BCUT2D eigenvalue weighted by Gasteiger charge is 2.05. The van der Waals surface area contributed by atoms with Gasteiger partial charge >= 0.3 is 0 Å². The van der Waals surface area contributed by atoms with Crippen molar-refractivity contribution in [2.75, 3.05) is 7.05 Å². The smallest absolute Gasteiger partial charge is 0.254 e. The third-order valence-electron chi connectivity index (χ3n) is 1.05. The molecule has 62 valence electrons. The first-order valence-corrected chi connectivity index (χ1v) is 2.99. The van der Waals surface area contributed by atoms with Crippen LogP contribution in [-0.2, 0) is 4.79 Å². The van der Waals surface area contributed by atoms with Gasteiger partial charge in [-0.25, -0.2) is 0 Å². The van der Waals surface area contributed by atoms with Gasteiger partial charge in [-0.05, 0) is 12.3 Å². The van der Waals surface area contributed by atoms with Gasteiger partial charge in [-0.2, -0.15) is 0 Å². The lowest BCUT2D eigenvalue weighted by atomic mass is 10.2. The Morgan fingerprint density at radius 2 is 2.00 bits per heavy atom. The minimum Gasteiger partial charge on any atom is -0.405 e. The largest absolute Gasteiger partial charge is 0.405 e. The van der Waals surface area contributed by atoms with Crippen molar-refractivity contribution in [1.82, 2.24) is 5.32 Å². The molecule has 11 heavy (non-hydrogen) atoms. The average molecular weight is 156 g/mol. The van der Waals surface area contributed by atoms with E-state index in [1.165, 1.54) is 19.3 Å². The first-order valence-electron chi connectivity index (χ1n) is 2.99. The fourth-order valence-corrected chi connectivity index (χ4v) is 0.534. The third kappa shape index (κ3) is 2.61. The van der Waals surface area contributed by atoms with Crippen molar-refractivity contribution in [3.05, 3.63) is 23.7 Å². The van der Waals surface area contributed by atoms with E-state index in [1.54, 1.807) is 0 Å². The zero-order valence-electron chi connectivity index (χ0n) is 6.29. The van der Waals surface area contributed by atoms with Gasteiger partial charge in [-0.1, -0.05) is 0 Å². The predicted molar refractivity (Wildman–Crippen MR) is 42.8 cm³/mol. The molecule has 0 spiro atoms. The molecule has 0 radical (unpaired) electrons. The lowest BCUT2D eigenvalue weighted by Gasteiger charge is -2.01. The van der Waals surface area contributed by atoms with Crippen LogP contribution >= 0.6 is 0 Å². The summed E-state index contributed by atoms with van der Waals surface area (Å²) in [6.07, 6.45) is 2.54. The van der Waals surface area contributed by atoms with Crippen LogP contribution in [0, 0.1) is 0 Å². The molecule has 0 aliphatic heterocycles. The lowest BCUT2D eigenvalue weighted by molar-refractivity contribution is -0.116. The van der Waals surface area contributed by atoms with Crippen molar-refractivity contribution in [3.63, 3.8) is 0 Å². The summed E-state index contributed by atoms with van der Waals surface area (Å²) in [4.78, 5) is 10.9. The summed E-state index contributed by atoms with van der Waals surface area (Å²) >= 11 is 0. The molecule has 0 aromatic carbocycles. The normalized spacial score (nSPS) is 9.55. The molecule has 0 saturated carbocycles. The fourth-order valence-electron chi connectivity index (χ4n) is 0.534. The molecule has 0 heterocycles. The summed E-state index contributed by atoms with van der Waals surface area (Å²) in [5.74, 6) is -0.405. The number of hydrogen-bond acceptors (Lipinski definition) is 4. The average Bonchev–Trinajstić information content (AvgIpc) is 1.98. The monoisotopic (exact) mass is 156 g/mol. The molecular formula is C6H12N4O. The summed E-state index contributed by atoms with van der Waals surface area (Å²) in [5, 5.41) is 2.37. The van der Waals surface area contributed by atoms with E-state index in [-0.39, 0.29) is 17.3 Å². The maximum absolute atomic E-state index is 10.9. The second-order valence-corrected chi connectivity index (χ2v) is 1.81. The van der Waals surface area contributed by atoms with E-state index >= 15 is 0 Å². The van der Waals surface area contributed by atoms with Gasteiger partial charge in [0.1, 0.15) is 5.82 Å². The van der Waals surface area contributed by atoms with Gasteiger partial charge in [0.15, 0.2) is 0 Å². The van der Waals surface area contributed by atoms with Gasteiger partial charge in [0, 0.05) is 7.05 Å². The molecule has 0 aliphatic rings. The van der Waals surface area contributed by atoms with E-state index in [2.05, 4.69) is 5.32 Å². The number of carbonyl (C=O) groups is 1. The molecule has 0 saturated heterocycles. The van der Waals surface area contributed by atoms with E-state index in [1.807, 2.05) is 0 Å². The summed E-state index contributed by atoms with van der Waals surface area (Å²) < 4.78 is 0. The lowest BCUT2D eigenvalue weighted by Crippen LogP contribution is -2.25. The highest BCUT2D eigenvalue weighted by Crippen LogP contribution is 1.95. The van der Waals surface area contributed by atoms with Crippen LogP contribution in [0.1, 0.15) is 0 Å². The molecule has 5 nitrogen and oxygen atoms in total. The number of amides is 1. The topological polar surface area (TPSA) is 107 Å². The highest BCUT2D eigenvalue weighted by molar-refractivity contribution is 5.96. The molecule has 1 amide bonds. The van der Waals surface area contributed by atoms with E-state index in [0.717, 1.165) is 0 Å². The molecule has 0 aromatic heterocycles. The van der Waals surface area contributed by atoms with Crippen molar-refractivity contribution in [2.24, 2.45) is 17.2 Å². The summed E-state index contributed by atoms with van der Waals surface area (Å²) in [6.45, 7) is 0. The first kappa shape index (κ1) is 9.35. The van der Waals surface area contributed by atoms with Crippen molar-refractivity contribution in [3.8, 4) is 0 Å². The van der Waals surface area contributed by atoms with Crippen LogP contribution in [0.2, 0.25) is 0 Å². The molecule has 0 unspecified atom stereocenters. The second-order valence-electron chi connectivity index (χ2n) is 1.81. The first-order chi connectivity index (χ1) is 5.13. The number of carbonyl (C=O) groups excluding carboxylic acids is 1. The van der Waals surface area contributed by atoms with Crippen LogP contribution in [0.25, 0.3) is 0 Å². The quantitative estimate of drug-likeness (QED) is 0.283. The van der Waals surface area contributed by atoms with Crippen molar-refractivity contribution in [2.45, 2.75) is 0 Å². The number of rotatable bonds is 2. The molecule has 0 aliphatic carbocycles. The zero-order chi connectivity index (χ0) is 8.85. The highest BCUT2D eigenvalue weighted by atomic mass is 16.1. The van der Waals surface area contributed by atoms with Crippen LogP contribution in [0.4, 0.5) is 0 Å². The van der Waals surface area contributed by atoms with Gasteiger partial charge in [-0.3, -0.25) is 4.79 Å². The number of likely N-dealkylation sites (N-methyl/N-ethyl adjacent to an activating group) is 1. The SMILES string of the molecule is CNC(=O)C(/C=C\N)=C(N)N. The van der Waals surface area contributed by atoms with Gasteiger partial charge < -0.3 is 22.5 Å². The molecule has 0 atom stereocenters. The Labute approximate surface area is 64.9 Å². The minimum absolute atomic E-state index is 0.0500. The summed E-state index contributed by atoms with van der Waals surface area (Å²) in [7, 11) is 1.48. The van der Waals surface area contributed by atoms with Crippen molar-refractivity contribution in [1.29, 1.82) is 0 Å². The summed E-state index contributed by atoms with van der Waals surface area (Å²) in [6, 6.07) is 0. The van der Waals surface area contributed by atoms with Crippen LogP contribution in [0.3, 0.4) is 0 Å². The Morgan fingerprint density at radius 3 is 2.27 bits per heavy atom. The molecule has 0 aromatic rings. The zero-order valence-corrected chi connectivity index (χ0v) is 6.29. The molecule has 7 N–H and O–H groups in total. The van der Waals surface area contributed by atoms with Gasteiger partial charge in [0.25, 0.3) is 5.91 Å². The number of hydrogen-bond donors (Lipinski definition) is 4. The van der Waals surface area contributed by atoms with Crippen LogP contribution in [-0.4, -0.2) is 13.0 Å². The van der Waals surface area contributed by atoms with E-state index in [4.69, 9.17) is 17.2 Å². The Bertz CT molecular complexity index is 203. The number of nitrogens with two attached hydrogens (primary N) is 3. The maximum Gasteiger partial charge on any atom is 0.254 e. The minimum atomic E-state index is -0.355. The van der Waals surface area contributed by atoms with Gasteiger partial charge in [0.2, 0.25) is 0 Å². The van der Waals surface area contributed by atoms with Crippen molar-refractivity contribution < 1.29 is 4.79 Å². The second kappa shape index (κ2) is 4.21. The van der Waals surface area contributed by atoms with Crippen LogP contribution in [0.15, 0.2) is 23.7 Å². The summed E-state index contributed by atoms with van der Waals surface area (Å²) in [5.41, 5.74) is 15.6. The standard InChI is InChI=1S/C6H12N4O/c1-10-6(11)4(2-3-7)5(8)9/h2-3H,7-9H2,1H3,(H,10,11)/b3-2-. The molecule has 0 rings (SSSR count). The Morgan fingerprint density at radius 1 is 1.45 bits per heavy atom. The molecule has 5 heteroatoms. The van der Waals surface area contributed by atoms with Gasteiger partial charge in [0.05, 0.1) is 5.57 Å². The number of nitrogens with one attached hydrogen (secondary N) is 1. The van der Waals surface area contributed by atoms with Crippen molar-refractivity contribution >= 4 is 5.91 Å². The Hall–Kier alpha value is -1.65. The fraction of sp³-hybridized carbons (Fsp3) is 0.167.